The molecule has 2 rings (SSSR count). The number of ether oxygens (including phenoxy) is 1. The first-order chi connectivity index (χ1) is 9.74. The van der Waals surface area contributed by atoms with Crippen LogP contribution in [0.5, 0.6) is 5.75 Å². The number of hydrogen-bond acceptors (Lipinski definition) is 3. The van der Waals surface area contributed by atoms with Crippen molar-refractivity contribution >= 4 is 5.91 Å². The Balaban J connectivity index is 1.87. The van der Waals surface area contributed by atoms with Crippen LogP contribution < -0.4 is 10.1 Å². The summed E-state index contributed by atoms with van der Waals surface area (Å²) in [7, 11) is 1.67. The molecule has 0 bridgehead atoms. The van der Waals surface area contributed by atoms with Crippen LogP contribution in [0.25, 0.3) is 0 Å². The maximum absolute atomic E-state index is 12.3. The highest BCUT2D eigenvalue weighted by molar-refractivity contribution is 5.82. The summed E-state index contributed by atoms with van der Waals surface area (Å²) in [6.07, 6.45) is 2.95. The summed E-state index contributed by atoms with van der Waals surface area (Å²) < 4.78 is 5.15. The van der Waals surface area contributed by atoms with E-state index in [1.54, 1.807) is 7.11 Å². The number of amides is 1. The van der Waals surface area contributed by atoms with E-state index in [2.05, 4.69) is 17.4 Å². The predicted octanol–water partition coefficient (Wildman–Crippen LogP) is 1.84. The molecule has 1 aromatic carbocycles. The summed E-state index contributed by atoms with van der Waals surface area (Å²) in [5.41, 5.74) is 1.24. The number of piperidine rings is 1. The average Bonchev–Trinajstić information content (AvgIpc) is 2.49. The Labute approximate surface area is 121 Å². The standard InChI is InChI=1S/C16H24N2O2/c1-3-17-15-5-4-11-18(16(15)19)12-10-13-6-8-14(20-2)9-7-13/h6-9,15,17H,3-5,10-12H2,1-2H3. The molecule has 1 heterocycles. The van der Waals surface area contributed by atoms with Gasteiger partial charge in [0.15, 0.2) is 0 Å². The fourth-order valence-electron chi connectivity index (χ4n) is 2.65. The van der Waals surface area contributed by atoms with Gasteiger partial charge >= 0.3 is 0 Å². The van der Waals surface area contributed by atoms with E-state index in [1.807, 2.05) is 24.0 Å². The first kappa shape index (κ1) is 14.9. The largest absolute Gasteiger partial charge is 0.497 e. The fourth-order valence-corrected chi connectivity index (χ4v) is 2.65. The number of carbonyl (C=O) groups is 1. The van der Waals surface area contributed by atoms with E-state index in [9.17, 15) is 4.79 Å². The lowest BCUT2D eigenvalue weighted by Crippen LogP contribution is -2.51. The van der Waals surface area contributed by atoms with E-state index in [0.717, 1.165) is 44.6 Å². The third-order valence-electron chi connectivity index (χ3n) is 3.81. The molecule has 0 spiro atoms. The maximum Gasteiger partial charge on any atom is 0.239 e. The lowest BCUT2D eigenvalue weighted by atomic mass is 10.0. The van der Waals surface area contributed by atoms with E-state index in [4.69, 9.17) is 4.74 Å². The zero-order chi connectivity index (χ0) is 14.4. The van der Waals surface area contributed by atoms with Crippen LogP contribution in [-0.2, 0) is 11.2 Å². The number of nitrogens with one attached hydrogen (secondary N) is 1. The van der Waals surface area contributed by atoms with Crippen molar-refractivity contribution in [3.05, 3.63) is 29.8 Å². The lowest BCUT2D eigenvalue weighted by molar-refractivity contribution is -0.135. The number of rotatable bonds is 6. The van der Waals surface area contributed by atoms with Crippen LogP contribution >= 0.6 is 0 Å². The Morgan fingerprint density at radius 3 is 2.75 bits per heavy atom. The van der Waals surface area contributed by atoms with Crippen LogP contribution in [0.2, 0.25) is 0 Å². The van der Waals surface area contributed by atoms with Gasteiger partial charge < -0.3 is 15.0 Å². The second-order valence-corrected chi connectivity index (χ2v) is 5.18. The van der Waals surface area contributed by atoms with E-state index in [-0.39, 0.29) is 11.9 Å². The van der Waals surface area contributed by atoms with E-state index in [1.165, 1.54) is 5.56 Å². The molecular weight excluding hydrogens is 252 g/mol. The van der Waals surface area contributed by atoms with Crippen molar-refractivity contribution in [2.75, 3.05) is 26.7 Å². The molecule has 1 unspecified atom stereocenters. The zero-order valence-corrected chi connectivity index (χ0v) is 12.4. The minimum Gasteiger partial charge on any atom is -0.497 e. The summed E-state index contributed by atoms with van der Waals surface area (Å²) in [4.78, 5) is 14.3. The van der Waals surface area contributed by atoms with E-state index < -0.39 is 0 Å². The number of likely N-dealkylation sites (N-methyl/N-ethyl adjacent to an activating group) is 1. The van der Waals surface area contributed by atoms with Crippen molar-refractivity contribution in [1.82, 2.24) is 10.2 Å². The van der Waals surface area contributed by atoms with Crippen molar-refractivity contribution in [2.24, 2.45) is 0 Å². The molecule has 1 amide bonds. The van der Waals surface area contributed by atoms with Crippen LogP contribution in [0.3, 0.4) is 0 Å². The Kier molecular flexibility index (Phi) is 5.41. The molecule has 0 radical (unpaired) electrons. The van der Waals surface area contributed by atoms with Crippen LogP contribution in [-0.4, -0.2) is 43.6 Å². The number of hydrogen-bond donors (Lipinski definition) is 1. The molecule has 1 fully saturated rings. The summed E-state index contributed by atoms with van der Waals surface area (Å²) in [5.74, 6) is 1.13. The number of likely N-dealkylation sites (tertiary alicyclic amines) is 1. The van der Waals surface area contributed by atoms with E-state index in [0.29, 0.717) is 0 Å². The van der Waals surface area contributed by atoms with Crippen LogP contribution in [0.15, 0.2) is 24.3 Å². The molecule has 1 aliphatic heterocycles. The molecule has 4 heteroatoms. The van der Waals surface area contributed by atoms with Crippen LogP contribution in [0, 0.1) is 0 Å². The number of methoxy groups -OCH3 is 1. The molecule has 0 aromatic heterocycles. The van der Waals surface area contributed by atoms with Crippen molar-refractivity contribution in [2.45, 2.75) is 32.2 Å². The van der Waals surface area contributed by atoms with Gasteiger partial charge in [0.1, 0.15) is 5.75 Å². The third-order valence-corrected chi connectivity index (χ3v) is 3.81. The molecule has 4 nitrogen and oxygen atoms in total. The van der Waals surface area contributed by atoms with Crippen molar-refractivity contribution < 1.29 is 9.53 Å². The normalized spacial score (nSPS) is 19.2. The zero-order valence-electron chi connectivity index (χ0n) is 12.4. The van der Waals surface area contributed by atoms with Crippen molar-refractivity contribution in [1.29, 1.82) is 0 Å². The Hall–Kier alpha value is -1.55. The quantitative estimate of drug-likeness (QED) is 0.862. The van der Waals surface area contributed by atoms with Gasteiger partial charge in [0, 0.05) is 13.1 Å². The third kappa shape index (κ3) is 3.73. The summed E-state index contributed by atoms with van der Waals surface area (Å²) >= 11 is 0. The molecule has 110 valence electrons. The Morgan fingerprint density at radius 2 is 2.10 bits per heavy atom. The van der Waals surface area contributed by atoms with Crippen molar-refractivity contribution in [3.8, 4) is 5.75 Å². The summed E-state index contributed by atoms with van der Waals surface area (Å²) in [6, 6.07) is 8.08. The Morgan fingerprint density at radius 1 is 1.35 bits per heavy atom. The lowest BCUT2D eigenvalue weighted by Gasteiger charge is -2.32. The minimum absolute atomic E-state index is 0.0182. The smallest absolute Gasteiger partial charge is 0.239 e. The number of benzene rings is 1. The molecule has 1 aliphatic rings. The first-order valence-electron chi connectivity index (χ1n) is 7.39. The van der Waals surface area contributed by atoms with Gasteiger partial charge in [-0.25, -0.2) is 0 Å². The Bertz CT molecular complexity index is 429. The molecule has 1 aromatic rings. The van der Waals surface area contributed by atoms with Gasteiger partial charge in [-0.15, -0.1) is 0 Å². The van der Waals surface area contributed by atoms with Gasteiger partial charge in [0.2, 0.25) is 5.91 Å². The second kappa shape index (κ2) is 7.29. The molecular formula is C16H24N2O2. The molecule has 1 N–H and O–H groups in total. The van der Waals surface area contributed by atoms with Gasteiger partial charge in [-0.3, -0.25) is 4.79 Å². The van der Waals surface area contributed by atoms with Gasteiger partial charge in [-0.2, -0.15) is 0 Å². The molecule has 0 aliphatic carbocycles. The van der Waals surface area contributed by atoms with Gasteiger partial charge in [-0.1, -0.05) is 19.1 Å². The predicted molar refractivity (Wildman–Crippen MR) is 80.0 cm³/mol. The second-order valence-electron chi connectivity index (χ2n) is 5.18. The van der Waals surface area contributed by atoms with Gasteiger partial charge in [-0.05, 0) is 43.5 Å². The minimum atomic E-state index is 0.0182. The van der Waals surface area contributed by atoms with Crippen LogP contribution in [0.4, 0.5) is 0 Å². The van der Waals surface area contributed by atoms with Gasteiger partial charge in [0.05, 0.1) is 13.2 Å². The van der Waals surface area contributed by atoms with Crippen molar-refractivity contribution in [3.63, 3.8) is 0 Å². The summed E-state index contributed by atoms with van der Waals surface area (Å²) in [5, 5.41) is 3.27. The SMILES string of the molecule is CCNC1CCCN(CCc2ccc(OC)cc2)C1=O. The summed E-state index contributed by atoms with van der Waals surface area (Å²) in [6.45, 7) is 4.58. The van der Waals surface area contributed by atoms with E-state index >= 15 is 0 Å². The molecule has 20 heavy (non-hydrogen) atoms. The highest BCUT2D eigenvalue weighted by atomic mass is 16.5. The highest BCUT2D eigenvalue weighted by Crippen LogP contribution is 2.15. The van der Waals surface area contributed by atoms with Gasteiger partial charge in [0.25, 0.3) is 0 Å². The molecule has 1 saturated heterocycles. The molecule has 0 saturated carbocycles. The number of nitrogens with zero attached hydrogens (tertiary/aromatic N) is 1. The average molecular weight is 276 g/mol. The monoisotopic (exact) mass is 276 g/mol. The topological polar surface area (TPSA) is 41.6 Å². The highest BCUT2D eigenvalue weighted by Gasteiger charge is 2.27. The first-order valence-corrected chi connectivity index (χ1v) is 7.39. The maximum atomic E-state index is 12.3. The van der Waals surface area contributed by atoms with Crippen LogP contribution in [0.1, 0.15) is 25.3 Å². The fraction of sp³-hybridized carbons (Fsp3) is 0.562. The number of carbonyl (C=O) groups excluding carboxylic acids is 1. The molecule has 1 atom stereocenters.